The summed E-state index contributed by atoms with van der Waals surface area (Å²) in [5, 5.41) is 0. The quantitative estimate of drug-likeness (QED) is 0.560. The summed E-state index contributed by atoms with van der Waals surface area (Å²) in [5.74, 6) is -0.141. The highest BCUT2D eigenvalue weighted by atomic mass is 16.2. The molecule has 0 unspecified atom stereocenters. The first-order chi connectivity index (χ1) is 10.3. The van der Waals surface area contributed by atoms with Gasteiger partial charge in [-0.05, 0) is 22.3 Å². The summed E-state index contributed by atoms with van der Waals surface area (Å²) in [6, 6.07) is 16.1. The Morgan fingerprint density at radius 1 is 0.762 bits per heavy atom. The van der Waals surface area contributed by atoms with E-state index in [1.807, 2.05) is 36.4 Å². The first-order valence-electron chi connectivity index (χ1n) is 6.76. The maximum atomic E-state index is 12.2. The van der Waals surface area contributed by atoms with Crippen molar-refractivity contribution in [2.75, 3.05) is 0 Å². The SMILES string of the molecule is O=c1[nH]cc(C2c3ccccc3-c3ccccc32)c(=O)[nH]1. The molecule has 2 aromatic carbocycles. The highest BCUT2D eigenvalue weighted by Gasteiger charge is 2.30. The van der Waals surface area contributed by atoms with Crippen LogP contribution < -0.4 is 11.2 Å². The lowest BCUT2D eigenvalue weighted by molar-refractivity contribution is 0.914. The zero-order valence-electron chi connectivity index (χ0n) is 11.1. The van der Waals surface area contributed by atoms with E-state index in [0.29, 0.717) is 5.56 Å². The smallest absolute Gasteiger partial charge is 0.314 e. The van der Waals surface area contributed by atoms with E-state index in [9.17, 15) is 9.59 Å². The molecule has 102 valence electrons. The third kappa shape index (κ3) is 1.69. The lowest BCUT2D eigenvalue weighted by Gasteiger charge is -2.12. The fourth-order valence-electron chi connectivity index (χ4n) is 3.13. The topological polar surface area (TPSA) is 65.7 Å². The molecule has 0 fully saturated rings. The van der Waals surface area contributed by atoms with Gasteiger partial charge in [-0.2, -0.15) is 0 Å². The Kier molecular flexibility index (Phi) is 2.44. The number of hydrogen-bond acceptors (Lipinski definition) is 2. The molecule has 21 heavy (non-hydrogen) atoms. The normalized spacial score (nSPS) is 13.0. The van der Waals surface area contributed by atoms with Crippen molar-refractivity contribution in [2.45, 2.75) is 5.92 Å². The number of nitrogens with one attached hydrogen (secondary N) is 2. The van der Waals surface area contributed by atoms with Gasteiger partial charge in [0.05, 0.1) is 0 Å². The van der Waals surface area contributed by atoms with Crippen LogP contribution in [0.25, 0.3) is 11.1 Å². The summed E-state index contributed by atoms with van der Waals surface area (Å²) in [6.45, 7) is 0. The van der Waals surface area contributed by atoms with Gasteiger partial charge in [0.1, 0.15) is 0 Å². The molecule has 1 heterocycles. The summed E-state index contributed by atoms with van der Waals surface area (Å²) in [5.41, 5.74) is 4.21. The van der Waals surface area contributed by atoms with Crippen molar-refractivity contribution < 1.29 is 0 Å². The van der Waals surface area contributed by atoms with Crippen LogP contribution in [0.4, 0.5) is 0 Å². The minimum absolute atomic E-state index is 0.141. The number of rotatable bonds is 1. The Morgan fingerprint density at radius 3 is 1.90 bits per heavy atom. The van der Waals surface area contributed by atoms with Crippen LogP contribution in [-0.2, 0) is 0 Å². The molecule has 1 aliphatic rings. The van der Waals surface area contributed by atoms with Crippen molar-refractivity contribution in [3.63, 3.8) is 0 Å². The van der Waals surface area contributed by atoms with Crippen LogP contribution >= 0.6 is 0 Å². The van der Waals surface area contributed by atoms with Gasteiger partial charge in [0.25, 0.3) is 5.56 Å². The van der Waals surface area contributed by atoms with Crippen LogP contribution in [0.1, 0.15) is 22.6 Å². The van der Waals surface area contributed by atoms with E-state index in [1.165, 1.54) is 6.20 Å². The number of benzene rings is 2. The van der Waals surface area contributed by atoms with Crippen molar-refractivity contribution >= 4 is 0 Å². The highest BCUT2D eigenvalue weighted by molar-refractivity contribution is 5.80. The second-order valence-electron chi connectivity index (χ2n) is 5.13. The fraction of sp³-hybridized carbons (Fsp3) is 0.0588. The van der Waals surface area contributed by atoms with E-state index in [-0.39, 0.29) is 11.5 Å². The molecule has 2 N–H and O–H groups in total. The van der Waals surface area contributed by atoms with Crippen LogP contribution in [0.5, 0.6) is 0 Å². The zero-order chi connectivity index (χ0) is 14.4. The number of fused-ring (bicyclic) bond motifs is 3. The van der Waals surface area contributed by atoms with Crippen LogP contribution in [0, 0.1) is 0 Å². The predicted molar refractivity (Wildman–Crippen MR) is 80.5 cm³/mol. The summed E-state index contributed by atoms with van der Waals surface area (Å²) < 4.78 is 0. The van der Waals surface area contributed by atoms with Crippen molar-refractivity contribution in [2.24, 2.45) is 0 Å². The Bertz CT molecular complexity index is 907. The molecular formula is C17H12N2O2. The molecule has 0 saturated carbocycles. The Morgan fingerprint density at radius 2 is 1.33 bits per heavy atom. The van der Waals surface area contributed by atoms with Gasteiger partial charge < -0.3 is 4.98 Å². The molecule has 0 spiro atoms. The molecule has 0 aliphatic heterocycles. The minimum atomic E-state index is -0.483. The third-order valence-electron chi connectivity index (χ3n) is 3.99. The van der Waals surface area contributed by atoms with Crippen LogP contribution in [0.3, 0.4) is 0 Å². The molecule has 0 radical (unpaired) electrons. The van der Waals surface area contributed by atoms with Gasteiger partial charge in [0.15, 0.2) is 0 Å². The molecule has 4 rings (SSSR count). The second kappa shape index (κ2) is 4.31. The molecule has 0 amide bonds. The molecule has 0 atom stereocenters. The summed E-state index contributed by atoms with van der Waals surface area (Å²) in [7, 11) is 0. The van der Waals surface area contributed by atoms with Crippen LogP contribution in [-0.4, -0.2) is 9.97 Å². The summed E-state index contributed by atoms with van der Waals surface area (Å²) in [4.78, 5) is 28.3. The Balaban J connectivity index is 2.05. The van der Waals surface area contributed by atoms with Gasteiger partial charge in [-0.3, -0.25) is 9.78 Å². The standard InChI is InChI=1S/C17H12N2O2/c20-16-14(9-18-17(21)19-16)15-12-7-3-1-5-10(12)11-6-2-4-8-13(11)15/h1-9,15H,(H2,18,19,20,21). The van der Waals surface area contributed by atoms with Crippen LogP contribution in [0.15, 0.2) is 64.3 Å². The number of H-pyrrole nitrogens is 2. The van der Waals surface area contributed by atoms with Gasteiger partial charge in [0.2, 0.25) is 0 Å². The third-order valence-corrected chi connectivity index (χ3v) is 3.99. The summed E-state index contributed by atoms with van der Waals surface area (Å²) >= 11 is 0. The van der Waals surface area contributed by atoms with E-state index in [2.05, 4.69) is 22.1 Å². The Hall–Kier alpha value is -2.88. The van der Waals surface area contributed by atoms with Crippen molar-refractivity contribution in [1.29, 1.82) is 0 Å². The average Bonchev–Trinajstić information content (AvgIpc) is 2.82. The van der Waals surface area contributed by atoms with Gasteiger partial charge in [-0.1, -0.05) is 48.5 Å². The van der Waals surface area contributed by atoms with Crippen molar-refractivity contribution in [3.8, 4) is 11.1 Å². The lowest BCUT2D eigenvalue weighted by Crippen LogP contribution is -2.26. The maximum absolute atomic E-state index is 12.2. The van der Waals surface area contributed by atoms with Crippen molar-refractivity contribution in [3.05, 3.63) is 92.3 Å². The van der Waals surface area contributed by atoms with Crippen LogP contribution in [0.2, 0.25) is 0 Å². The average molecular weight is 276 g/mol. The zero-order valence-corrected chi connectivity index (χ0v) is 11.1. The van der Waals surface area contributed by atoms with Gasteiger partial charge in [-0.25, -0.2) is 4.79 Å². The Labute approximate surface area is 120 Å². The number of aromatic amines is 2. The van der Waals surface area contributed by atoms with E-state index >= 15 is 0 Å². The van der Waals surface area contributed by atoms with Gasteiger partial charge >= 0.3 is 5.69 Å². The molecule has 1 aliphatic carbocycles. The van der Waals surface area contributed by atoms with E-state index in [1.54, 1.807) is 0 Å². The molecule has 4 heteroatoms. The van der Waals surface area contributed by atoms with E-state index in [4.69, 9.17) is 0 Å². The molecule has 3 aromatic rings. The minimum Gasteiger partial charge on any atom is -0.314 e. The molecular weight excluding hydrogens is 264 g/mol. The molecule has 0 bridgehead atoms. The lowest BCUT2D eigenvalue weighted by atomic mass is 9.91. The first kappa shape index (κ1) is 11.9. The molecule has 0 saturated heterocycles. The summed E-state index contributed by atoms with van der Waals surface area (Å²) in [6.07, 6.45) is 1.52. The van der Waals surface area contributed by atoms with Gasteiger partial charge in [-0.15, -0.1) is 0 Å². The molecule has 4 nitrogen and oxygen atoms in total. The number of hydrogen-bond donors (Lipinski definition) is 2. The number of aromatic nitrogens is 2. The second-order valence-corrected chi connectivity index (χ2v) is 5.13. The van der Waals surface area contributed by atoms with E-state index < -0.39 is 5.69 Å². The monoisotopic (exact) mass is 276 g/mol. The largest absolute Gasteiger partial charge is 0.325 e. The predicted octanol–water partition coefficient (Wildman–Crippen LogP) is 2.22. The molecule has 1 aromatic heterocycles. The fourth-order valence-corrected chi connectivity index (χ4v) is 3.13. The van der Waals surface area contributed by atoms with Crippen molar-refractivity contribution in [1.82, 2.24) is 9.97 Å². The highest BCUT2D eigenvalue weighted by Crippen LogP contribution is 2.46. The van der Waals surface area contributed by atoms with E-state index in [0.717, 1.165) is 22.3 Å². The first-order valence-corrected chi connectivity index (χ1v) is 6.76. The maximum Gasteiger partial charge on any atom is 0.325 e. The van der Waals surface area contributed by atoms with Gasteiger partial charge in [0, 0.05) is 17.7 Å².